The van der Waals surface area contributed by atoms with Crippen LogP contribution in [0.2, 0.25) is 5.02 Å². The first kappa shape index (κ1) is 22.4. The van der Waals surface area contributed by atoms with E-state index in [2.05, 4.69) is 41.1 Å². The number of nitrogens with one attached hydrogen (secondary N) is 2. The highest BCUT2D eigenvalue weighted by Crippen LogP contribution is 2.19. The summed E-state index contributed by atoms with van der Waals surface area (Å²) in [4.78, 5) is 24.5. The van der Waals surface area contributed by atoms with Crippen LogP contribution in [-0.2, 0) is 6.54 Å². The summed E-state index contributed by atoms with van der Waals surface area (Å²) < 4.78 is 5.83. The molecule has 14 heteroatoms. The second kappa shape index (κ2) is 9.79. The van der Waals surface area contributed by atoms with Gasteiger partial charge in [0.05, 0.1) is 24.0 Å². The molecule has 0 aliphatic heterocycles. The molecule has 0 fully saturated rings. The first-order valence-corrected chi connectivity index (χ1v) is 10.1. The summed E-state index contributed by atoms with van der Waals surface area (Å²) in [7, 11) is 0. The molecule has 0 bridgehead atoms. The van der Waals surface area contributed by atoms with Gasteiger partial charge in [-0.05, 0) is 40.1 Å². The topological polar surface area (TPSA) is 192 Å². The summed E-state index contributed by atoms with van der Waals surface area (Å²) in [5, 5.41) is 22.7. The lowest BCUT2D eigenvalue weighted by atomic mass is 10.1. The number of amides is 2. The number of rotatable bonds is 8. The lowest BCUT2D eigenvalue weighted by Crippen LogP contribution is -2.22. The van der Waals surface area contributed by atoms with Crippen LogP contribution >= 0.6 is 11.6 Å². The number of carbonyl (C=O) groups excluding carboxylic acids is 2. The normalized spacial score (nSPS) is 11.0. The van der Waals surface area contributed by atoms with Gasteiger partial charge >= 0.3 is 0 Å². The average molecular weight is 481 g/mol. The Morgan fingerprint density at radius 2 is 1.91 bits per heavy atom. The van der Waals surface area contributed by atoms with Crippen molar-refractivity contribution in [3.05, 3.63) is 76.1 Å². The molecule has 0 spiro atoms. The van der Waals surface area contributed by atoms with Gasteiger partial charge in [-0.25, -0.2) is 10.1 Å². The lowest BCUT2D eigenvalue weighted by molar-refractivity contribution is 0.0947. The van der Waals surface area contributed by atoms with Crippen molar-refractivity contribution in [2.75, 3.05) is 11.1 Å². The molecule has 34 heavy (non-hydrogen) atoms. The summed E-state index contributed by atoms with van der Waals surface area (Å²) in [6.07, 6.45) is 1.44. The molecule has 0 aliphatic carbocycles. The fraction of sp³-hybridized carbons (Fsp3) is 0.0500. The molecule has 0 radical (unpaired) electrons. The minimum atomic E-state index is -0.647. The number of primary amides is 1. The van der Waals surface area contributed by atoms with Gasteiger partial charge < -0.3 is 16.8 Å². The quantitative estimate of drug-likeness (QED) is 0.213. The number of hydrogen-bond donors (Lipinski definition) is 4. The van der Waals surface area contributed by atoms with Gasteiger partial charge in [-0.15, -0.1) is 5.10 Å². The highest BCUT2D eigenvalue weighted by atomic mass is 35.5. The van der Waals surface area contributed by atoms with Gasteiger partial charge in [0, 0.05) is 10.7 Å². The van der Waals surface area contributed by atoms with Gasteiger partial charge in [-0.1, -0.05) is 41.1 Å². The van der Waals surface area contributed by atoms with Crippen molar-refractivity contribution in [2.24, 2.45) is 10.8 Å². The van der Waals surface area contributed by atoms with E-state index in [0.717, 1.165) is 5.56 Å². The third-order valence-electron chi connectivity index (χ3n) is 4.56. The fourth-order valence-electron chi connectivity index (χ4n) is 2.94. The number of hydrazone groups is 1. The van der Waals surface area contributed by atoms with E-state index in [9.17, 15) is 9.59 Å². The van der Waals surface area contributed by atoms with E-state index in [4.69, 9.17) is 23.1 Å². The number of benzene rings is 2. The minimum absolute atomic E-state index is 0.00670. The Kier molecular flexibility index (Phi) is 6.45. The van der Waals surface area contributed by atoms with Gasteiger partial charge in [-0.2, -0.15) is 9.78 Å². The smallest absolute Gasteiger partial charge is 0.293 e. The SMILES string of the molecule is NC(=O)c1ccccc1NCc1c(C(=O)N/N=C\c2ccc(Cl)cc2)nnn1-c1nonc1N. The third-order valence-corrected chi connectivity index (χ3v) is 4.81. The van der Waals surface area contributed by atoms with E-state index in [1.54, 1.807) is 48.5 Å². The van der Waals surface area contributed by atoms with E-state index in [1.807, 2.05) is 0 Å². The van der Waals surface area contributed by atoms with E-state index >= 15 is 0 Å². The monoisotopic (exact) mass is 480 g/mol. The molecule has 0 atom stereocenters. The van der Waals surface area contributed by atoms with Crippen molar-refractivity contribution >= 4 is 41.1 Å². The highest BCUT2D eigenvalue weighted by molar-refractivity contribution is 6.30. The Hall–Kier alpha value is -4.78. The van der Waals surface area contributed by atoms with Crippen molar-refractivity contribution in [1.82, 2.24) is 30.7 Å². The number of hydrogen-bond acceptors (Lipinski definition) is 10. The maximum atomic E-state index is 12.8. The Labute approximate surface area is 196 Å². The maximum absolute atomic E-state index is 12.8. The predicted molar refractivity (Wildman–Crippen MR) is 122 cm³/mol. The molecule has 6 N–H and O–H groups in total. The number of aromatic nitrogens is 5. The zero-order valence-electron chi connectivity index (χ0n) is 17.3. The van der Waals surface area contributed by atoms with Crippen molar-refractivity contribution in [2.45, 2.75) is 6.54 Å². The number of nitrogens with two attached hydrogens (primary N) is 2. The zero-order valence-corrected chi connectivity index (χ0v) is 18.1. The van der Waals surface area contributed by atoms with E-state index < -0.39 is 11.8 Å². The summed E-state index contributed by atoms with van der Waals surface area (Å²) >= 11 is 5.86. The van der Waals surface area contributed by atoms with Crippen LogP contribution in [0.15, 0.2) is 58.3 Å². The van der Waals surface area contributed by atoms with Crippen LogP contribution in [0.3, 0.4) is 0 Å². The summed E-state index contributed by atoms with van der Waals surface area (Å²) in [5.41, 5.74) is 15.2. The largest absolute Gasteiger partial charge is 0.379 e. The van der Waals surface area contributed by atoms with Crippen LogP contribution in [0.4, 0.5) is 11.5 Å². The van der Waals surface area contributed by atoms with Crippen LogP contribution in [0.1, 0.15) is 32.1 Å². The van der Waals surface area contributed by atoms with Crippen LogP contribution in [0, 0.1) is 0 Å². The van der Waals surface area contributed by atoms with Crippen molar-refractivity contribution in [3.8, 4) is 5.82 Å². The standard InChI is InChI=1S/C20H17ClN10O3/c21-12-7-5-11(6-8-12)9-25-27-20(33)16-15(31(30-26-16)19-17(22)28-34-29-19)10-24-14-4-2-1-3-13(14)18(23)32/h1-9,24H,10H2,(H2,22,28)(H2,23,32)(H,27,33)/b25-9-. The molecule has 0 unspecified atom stereocenters. The molecule has 4 rings (SSSR count). The first-order valence-electron chi connectivity index (χ1n) is 9.68. The van der Waals surface area contributed by atoms with E-state index in [1.165, 1.54) is 10.9 Å². The molecule has 4 aromatic rings. The van der Waals surface area contributed by atoms with E-state index in [0.29, 0.717) is 10.7 Å². The molecule has 2 aromatic heterocycles. The first-order chi connectivity index (χ1) is 16.4. The Morgan fingerprint density at radius 3 is 2.62 bits per heavy atom. The Bertz CT molecular complexity index is 1360. The number of carbonyl (C=O) groups is 2. The van der Waals surface area contributed by atoms with Crippen LogP contribution < -0.4 is 22.2 Å². The molecule has 2 aromatic carbocycles. The highest BCUT2D eigenvalue weighted by Gasteiger charge is 2.24. The molecule has 13 nitrogen and oxygen atoms in total. The van der Waals surface area contributed by atoms with Crippen LogP contribution in [0.5, 0.6) is 0 Å². The van der Waals surface area contributed by atoms with Gasteiger partial charge in [-0.3, -0.25) is 9.59 Å². The molecular weight excluding hydrogens is 464 g/mol. The number of anilines is 2. The molecule has 0 saturated carbocycles. The van der Waals surface area contributed by atoms with Crippen molar-refractivity contribution in [3.63, 3.8) is 0 Å². The lowest BCUT2D eigenvalue weighted by Gasteiger charge is -2.11. The van der Waals surface area contributed by atoms with Crippen molar-refractivity contribution in [1.29, 1.82) is 0 Å². The van der Waals surface area contributed by atoms with Gasteiger partial charge in [0.15, 0.2) is 5.69 Å². The molecule has 2 heterocycles. The van der Waals surface area contributed by atoms with Gasteiger partial charge in [0.25, 0.3) is 11.8 Å². The van der Waals surface area contributed by atoms with Crippen LogP contribution in [-0.4, -0.2) is 43.3 Å². The predicted octanol–water partition coefficient (Wildman–Crippen LogP) is 1.36. The second-order valence-corrected chi connectivity index (χ2v) is 7.22. The molecule has 172 valence electrons. The number of nitrogens with zero attached hydrogens (tertiary/aromatic N) is 6. The molecule has 2 amide bonds. The maximum Gasteiger partial charge on any atom is 0.293 e. The van der Waals surface area contributed by atoms with Gasteiger partial charge in [0.1, 0.15) is 0 Å². The molecule has 0 aliphatic rings. The second-order valence-electron chi connectivity index (χ2n) is 6.78. The van der Waals surface area contributed by atoms with Crippen LogP contribution in [0.25, 0.3) is 5.82 Å². The van der Waals surface area contributed by atoms with E-state index in [-0.39, 0.29) is 35.1 Å². The number of halogens is 1. The molecule has 0 saturated heterocycles. The summed E-state index contributed by atoms with van der Waals surface area (Å²) in [6.45, 7) is -0.00670. The zero-order chi connectivity index (χ0) is 24.1. The summed E-state index contributed by atoms with van der Waals surface area (Å²) in [6, 6.07) is 13.5. The summed E-state index contributed by atoms with van der Waals surface area (Å²) in [5.74, 6) is -1.28. The van der Waals surface area contributed by atoms with Crippen molar-refractivity contribution < 1.29 is 14.2 Å². The number of para-hydroxylation sites is 1. The number of nitrogen functional groups attached to an aromatic ring is 1. The fourth-order valence-corrected chi connectivity index (χ4v) is 3.07. The molecular formula is C20H17ClN10O3. The minimum Gasteiger partial charge on any atom is -0.379 e. The average Bonchev–Trinajstić information content (AvgIpc) is 3.44. The third kappa shape index (κ3) is 4.83. The Morgan fingerprint density at radius 1 is 1.15 bits per heavy atom. The van der Waals surface area contributed by atoms with Gasteiger partial charge in [0.2, 0.25) is 11.6 Å². The Balaban J connectivity index is 1.60.